The van der Waals surface area contributed by atoms with Crippen molar-refractivity contribution in [3.8, 4) is 11.5 Å². The number of anilines is 1. The Morgan fingerprint density at radius 1 is 1.06 bits per heavy atom. The molecule has 11 heteroatoms. The molecule has 180 valence electrons. The molecule has 35 heavy (non-hydrogen) atoms. The summed E-state index contributed by atoms with van der Waals surface area (Å²) in [4.78, 5) is 31.3. The van der Waals surface area contributed by atoms with Gasteiger partial charge in [0.1, 0.15) is 17.3 Å². The summed E-state index contributed by atoms with van der Waals surface area (Å²) in [6, 6.07) is 10.8. The lowest BCUT2D eigenvalue weighted by molar-refractivity contribution is -0.274. The predicted octanol–water partition coefficient (Wildman–Crippen LogP) is 5.27. The van der Waals surface area contributed by atoms with Crippen molar-refractivity contribution in [2.75, 3.05) is 12.0 Å². The summed E-state index contributed by atoms with van der Waals surface area (Å²) in [5.74, 6) is -2.80. The van der Waals surface area contributed by atoms with Gasteiger partial charge in [-0.25, -0.2) is 0 Å². The topological polar surface area (TPSA) is 89.0 Å². The van der Waals surface area contributed by atoms with Crippen LogP contribution in [-0.2, 0) is 9.59 Å². The molecule has 0 aliphatic carbocycles. The number of amides is 1. The van der Waals surface area contributed by atoms with Crippen LogP contribution in [0.2, 0.25) is 5.02 Å². The van der Waals surface area contributed by atoms with Crippen molar-refractivity contribution in [2.24, 2.45) is 0 Å². The molecule has 7 nitrogen and oxygen atoms in total. The van der Waals surface area contributed by atoms with E-state index in [-0.39, 0.29) is 27.6 Å². The van der Waals surface area contributed by atoms with Crippen molar-refractivity contribution < 1.29 is 37.3 Å². The number of hydrogen-bond acceptors (Lipinski definition) is 6. The number of carbonyl (C=O) groups excluding carboxylic acids is 2. The lowest BCUT2D eigenvalue weighted by Crippen LogP contribution is -2.29. The van der Waals surface area contributed by atoms with E-state index in [0.717, 1.165) is 17.0 Å². The van der Waals surface area contributed by atoms with Crippen LogP contribution in [0.25, 0.3) is 5.76 Å². The summed E-state index contributed by atoms with van der Waals surface area (Å²) in [5.41, 5.74) is 0.376. The van der Waals surface area contributed by atoms with Gasteiger partial charge in [0, 0.05) is 23.1 Å². The second kappa shape index (κ2) is 9.30. The Kier molecular flexibility index (Phi) is 6.40. The third-order valence-corrected chi connectivity index (χ3v) is 5.47. The molecule has 1 atom stereocenters. The predicted molar refractivity (Wildman–Crippen MR) is 120 cm³/mol. The summed E-state index contributed by atoms with van der Waals surface area (Å²) in [5, 5.41) is 11.4. The van der Waals surface area contributed by atoms with Crippen LogP contribution in [0.3, 0.4) is 0 Å². The number of aliphatic hydroxyl groups is 1. The molecule has 1 aliphatic heterocycles. The van der Waals surface area contributed by atoms with E-state index < -0.39 is 35.6 Å². The molecule has 1 unspecified atom stereocenters. The van der Waals surface area contributed by atoms with E-state index in [2.05, 4.69) is 9.72 Å². The summed E-state index contributed by atoms with van der Waals surface area (Å²) >= 11 is 6.08. The van der Waals surface area contributed by atoms with Crippen LogP contribution >= 0.6 is 11.6 Å². The zero-order valence-corrected chi connectivity index (χ0v) is 18.7. The molecule has 2 aromatic carbocycles. The van der Waals surface area contributed by atoms with Gasteiger partial charge in [0.15, 0.2) is 0 Å². The van der Waals surface area contributed by atoms with Gasteiger partial charge in [0.25, 0.3) is 11.7 Å². The minimum Gasteiger partial charge on any atom is -0.507 e. The molecule has 4 rings (SSSR count). The molecule has 1 N–H and O–H groups in total. The minimum atomic E-state index is -4.89. The number of hydrogen-bond donors (Lipinski definition) is 1. The lowest BCUT2D eigenvalue weighted by Gasteiger charge is -2.25. The van der Waals surface area contributed by atoms with Crippen LogP contribution in [0.15, 0.2) is 72.6 Å². The number of aromatic nitrogens is 1. The van der Waals surface area contributed by atoms with E-state index in [0.29, 0.717) is 5.56 Å². The van der Waals surface area contributed by atoms with Crippen LogP contribution in [0.5, 0.6) is 11.5 Å². The van der Waals surface area contributed by atoms with E-state index in [9.17, 15) is 27.9 Å². The monoisotopic (exact) mass is 504 g/mol. The lowest BCUT2D eigenvalue weighted by atomic mass is 9.95. The van der Waals surface area contributed by atoms with Crippen molar-refractivity contribution >= 4 is 34.7 Å². The van der Waals surface area contributed by atoms with Crippen molar-refractivity contribution in [1.29, 1.82) is 0 Å². The van der Waals surface area contributed by atoms with E-state index in [4.69, 9.17) is 16.3 Å². The van der Waals surface area contributed by atoms with Gasteiger partial charge in [0.2, 0.25) is 0 Å². The van der Waals surface area contributed by atoms with Crippen LogP contribution < -0.4 is 14.4 Å². The maximum Gasteiger partial charge on any atom is 0.573 e. The summed E-state index contributed by atoms with van der Waals surface area (Å²) in [6.45, 7) is 0. The number of methoxy groups -OCH3 is 1. The van der Waals surface area contributed by atoms with Gasteiger partial charge in [0.05, 0.1) is 24.3 Å². The fourth-order valence-corrected chi connectivity index (χ4v) is 3.95. The summed E-state index contributed by atoms with van der Waals surface area (Å²) in [7, 11) is 1.36. The molecule has 2 heterocycles. The van der Waals surface area contributed by atoms with Gasteiger partial charge in [-0.2, -0.15) is 0 Å². The second-order valence-corrected chi connectivity index (χ2v) is 7.77. The maximum atomic E-state index is 13.2. The fourth-order valence-electron chi connectivity index (χ4n) is 3.78. The molecule has 0 spiro atoms. The highest BCUT2D eigenvalue weighted by Crippen LogP contribution is 2.43. The SMILES string of the molecule is COc1ccc(Cl)cc1/C(O)=C1\C(=O)C(=O)N(c2ccc(OC(F)(F)F)cc2)C1c1ccncc1. The van der Waals surface area contributed by atoms with Crippen LogP contribution in [0, 0.1) is 0 Å². The third-order valence-electron chi connectivity index (χ3n) is 5.23. The standard InChI is InChI=1S/C24H16ClF3N2O5/c1-34-18-7-2-14(25)12-17(18)21(31)19-20(13-8-10-29-11-9-13)30(23(33)22(19)32)15-3-5-16(6-4-15)35-24(26,27)28/h2-12,20,31H,1H3/b21-19+. The first-order valence-corrected chi connectivity index (χ1v) is 10.4. The molecule has 1 saturated heterocycles. The first-order valence-electron chi connectivity index (χ1n) is 10.0. The highest BCUT2D eigenvalue weighted by molar-refractivity contribution is 6.51. The van der Waals surface area contributed by atoms with Gasteiger partial charge < -0.3 is 14.6 Å². The van der Waals surface area contributed by atoms with Crippen molar-refractivity contribution in [3.05, 3.63) is 88.7 Å². The Labute approximate surface area is 202 Å². The number of Topliss-reactive ketones (excluding diaryl/α,β-unsaturated/α-hetero) is 1. The smallest absolute Gasteiger partial charge is 0.507 e. The third kappa shape index (κ3) is 4.78. The molecule has 0 saturated carbocycles. The molecule has 1 fully saturated rings. The summed E-state index contributed by atoms with van der Waals surface area (Å²) < 4.78 is 46.8. The molecule has 0 bridgehead atoms. The van der Waals surface area contributed by atoms with E-state index >= 15 is 0 Å². The minimum absolute atomic E-state index is 0.0889. The molecule has 1 aromatic heterocycles. The largest absolute Gasteiger partial charge is 0.573 e. The number of halogens is 4. The number of carbonyl (C=O) groups is 2. The maximum absolute atomic E-state index is 13.2. The second-order valence-electron chi connectivity index (χ2n) is 7.34. The molecule has 3 aromatic rings. The van der Waals surface area contributed by atoms with Gasteiger partial charge >= 0.3 is 6.36 Å². The van der Waals surface area contributed by atoms with Crippen LogP contribution in [0.4, 0.5) is 18.9 Å². The van der Waals surface area contributed by atoms with Gasteiger partial charge in [-0.05, 0) is 60.2 Å². The van der Waals surface area contributed by atoms with Crippen LogP contribution in [-0.4, -0.2) is 35.3 Å². The quantitative estimate of drug-likeness (QED) is 0.289. The first kappa shape index (κ1) is 24.1. The highest BCUT2D eigenvalue weighted by atomic mass is 35.5. The molecule has 1 amide bonds. The van der Waals surface area contributed by atoms with Crippen molar-refractivity contribution in [3.63, 3.8) is 0 Å². The number of alkyl halides is 3. The Bertz CT molecular complexity index is 1310. The van der Waals surface area contributed by atoms with E-state index in [1.807, 2.05) is 0 Å². The van der Waals surface area contributed by atoms with E-state index in [1.165, 1.54) is 49.8 Å². The van der Waals surface area contributed by atoms with Crippen molar-refractivity contribution in [2.45, 2.75) is 12.4 Å². The molecular weight excluding hydrogens is 489 g/mol. The Morgan fingerprint density at radius 3 is 2.31 bits per heavy atom. The Hall–Kier alpha value is -4.05. The highest BCUT2D eigenvalue weighted by Gasteiger charge is 2.47. The summed E-state index contributed by atoms with van der Waals surface area (Å²) in [6.07, 6.45) is -2.01. The number of ether oxygens (including phenoxy) is 2. The number of rotatable bonds is 5. The Balaban J connectivity index is 1.88. The number of ketones is 1. The molecule has 1 aliphatic rings. The average Bonchev–Trinajstić information content (AvgIpc) is 3.09. The fraction of sp³-hybridized carbons (Fsp3) is 0.125. The van der Waals surface area contributed by atoms with E-state index in [1.54, 1.807) is 12.1 Å². The van der Waals surface area contributed by atoms with Gasteiger partial charge in [-0.15, -0.1) is 13.2 Å². The van der Waals surface area contributed by atoms with Gasteiger partial charge in [-0.1, -0.05) is 11.6 Å². The Morgan fingerprint density at radius 2 is 1.71 bits per heavy atom. The number of pyridine rings is 1. The van der Waals surface area contributed by atoms with Gasteiger partial charge in [-0.3, -0.25) is 19.5 Å². The molecule has 0 radical (unpaired) electrons. The van der Waals surface area contributed by atoms with Crippen LogP contribution in [0.1, 0.15) is 17.2 Å². The normalized spacial score (nSPS) is 17.5. The number of benzene rings is 2. The zero-order valence-electron chi connectivity index (χ0n) is 17.9. The zero-order chi connectivity index (χ0) is 25.3. The first-order chi connectivity index (χ1) is 16.6. The number of nitrogens with zero attached hydrogens (tertiary/aromatic N) is 2. The molecular formula is C24H16ClF3N2O5. The van der Waals surface area contributed by atoms with Crippen molar-refractivity contribution in [1.82, 2.24) is 4.98 Å². The number of aliphatic hydroxyl groups excluding tert-OH is 1. The average molecular weight is 505 g/mol.